The summed E-state index contributed by atoms with van der Waals surface area (Å²) >= 11 is 1.99. The number of hydrogen-bond acceptors (Lipinski definition) is 2. The van der Waals surface area contributed by atoms with Gasteiger partial charge in [-0.05, 0) is 40.3 Å². The molecule has 96 valence electrons. The lowest BCUT2D eigenvalue weighted by Gasteiger charge is -2.09. The summed E-state index contributed by atoms with van der Waals surface area (Å²) in [7, 11) is 0. The van der Waals surface area contributed by atoms with Gasteiger partial charge in [0.2, 0.25) is 5.76 Å². The van der Waals surface area contributed by atoms with Gasteiger partial charge in [-0.15, -0.1) is 0 Å². The predicted molar refractivity (Wildman–Crippen MR) is 82.1 cm³/mol. The van der Waals surface area contributed by atoms with Gasteiger partial charge in [0.1, 0.15) is 5.75 Å². The first kappa shape index (κ1) is 13.6. The summed E-state index contributed by atoms with van der Waals surface area (Å²) in [6.07, 6.45) is 0. The van der Waals surface area contributed by atoms with Gasteiger partial charge >= 0.3 is 5.97 Å². The minimum atomic E-state index is -1.09. The van der Waals surface area contributed by atoms with E-state index < -0.39 is 5.97 Å². The van der Waals surface area contributed by atoms with Crippen molar-refractivity contribution in [1.82, 2.24) is 0 Å². The zero-order valence-electron chi connectivity index (χ0n) is 9.92. The first-order valence-corrected chi connectivity index (χ1v) is 6.68. The highest BCUT2D eigenvalue weighted by atomic mass is 127. The van der Waals surface area contributed by atoms with Crippen molar-refractivity contribution in [2.45, 2.75) is 0 Å². The molecule has 0 aliphatic rings. The lowest BCUT2D eigenvalue weighted by atomic mass is 10.2. The van der Waals surface area contributed by atoms with Gasteiger partial charge in [0.05, 0.1) is 3.58 Å². The minimum Gasteiger partial charge on any atom is -0.475 e. The number of hydrogen-bond donors (Lipinski definition) is 1. The summed E-state index contributed by atoms with van der Waals surface area (Å²) in [6, 6.07) is 18.2. The van der Waals surface area contributed by atoms with E-state index in [-0.39, 0.29) is 5.76 Å². The molecule has 0 atom stereocenters. The first-order valence-electron chi connectivity index (χ1n) is 5.60. The molecule has 0 saturated heterocycles. The molecule has 2 aromatic carbocycles. The Morgan fingerprint density at radius 3 is 2.00 bits per heavy atom. The number of carboxylic acid groups (broad SMARTS) is 1. The first-order chi connectivity index (χ1) is 9.18. The second kappa shape index (κ2) is 6.38. The standard InChI is InChI=1S/C15H11IO3/c16-13(11-7-3-1-4-8-11)14(15(17)18)19-12-9-5-2-6-10-12/h1-10H,(H,17,18). The molecular weight excluding hydrogens is 355 g/mol. The van der Waals surface area contributed by atoms with E-state index in [9.17, 15) is 9.90 Å². The Bertz CT molecular complexity index is 591. The molecule has 0 heterocycles. The fraction of sp³-hybridized carbons (Fsp3) is 0. The number of carbonyl (C=O) groups is 1. The Morgan fingerprint density at radius 1 is 0.947 bits per heavy atom. The van der Waals surface area contributed by atoms with Crippen molar-refractivity contribution in [3.8, 4) is 5.75 Å². The van der Waals surface area contributed by atoms with Crippen LogP contribution >= 0.6 is 22.6 Å². The average Bonchev–Trinajstić information content (AvgIpc) is 2.46. The molecule has 1 N–H and O–H groups in total. The topological polar surface area (TPSA) is 46.5 Å². The number of carboxylic acids is 1. The number of ether oxygens (including phenoxy) is 1. The maximum Gasteiger partial charge on any atom is 0.372 e. The number of halogens is 1. The van der Waals surface area contributed by atoms with E-state index in [1.54, 1.807) is 24.3 Å². The van der Waals surface area contributed by atoms with Crippen LogP contribution in [0.2, 0.25) is 0 Å². The van der Waals surface area contributed by atoms with E-state index in [2.05, 4.69) is 0 Å². The van der Waals surface area contributed by atoms with E-state index in [0.29, 0.717) is 9.33 Å². The number of benzene rings is 2. The van der Waals surface area contributed by atoms with Crippen LogP contribution < -0.4 is 4.74 Å². The molecule has 0 unspecified atom stereocenters. The molecule has 0 aromatic heterocycles. The third-order valence-electron chi connectivity index (χ3n) is 2.38. The summed E-state index contributed by atoms with van der Waals surface area (Å²) in [5.41, 5.74) is 0.816. The maximum absolute atomic E-state index is 11.3. The highest BCUT2D eigenvalue weighted by molar-refractivity contribution is 14.1. The molecule has 19 heavy (non-hydrogen) atoms. The molecule has 3 nitrogen and oxygen atoms in total. The zero-order chi connectivity index (χ0) is 13.7. The Balaban J connectivity index is 2.38. The van der Waals surface area contributed by atoms with Crippen LogP contribution in [-0.4, -0.2) is 11.1 Å². The quantitative estimate of drug-likeness (QED) is 0.506. The lowest BCUT2D eigenvalue weighted by molar-refractivity contribution is -0.134. The average molecular weight is 366 g/mol. The van der Waals surface area contributed by atoms with Crippen molar-refractivity contribution >= 4 is 32.1 Å². The molecule has 4 heteroatoms. The van der Waals surface area contributed by atoms with Crippen LogP contribution in [0.25, 0.3) is 3.58 Å². The molecular formula is C15H11IO3. The third-order valence-corrected chi connectivity index (χ3v) is 3.50. The van der Waals surface area contributed by atoms with Crippen molar-refractivity contribution in [2.75, 3.05) is 0 Å². The summed E-state index contributed by atoms with van der Waals surface area (Å²) in [5, 5.41) is 9.28. The fourth-order valence-corrected chi connectivity index (χ4v) is 2.20. The second-order valence-corrected chi connectivity index (χ2v) is 4.81. The summed E-state index contributed by atoms with van der Waals surface area (Å²) in [4.78, 5) is 11.3. The van der Waals surface area contributed by atoms with Crippen molar-refractivity contribution in [2.24, 2.45) is 0 Å². The van der Waals surface area contributed by atoms with Crippen molar-refractivity contribution < 1.29 is 14.6 Å². The van der Waals surface area contributed by atoms with E-state index in [1.165, 1.54) is 0 Å². The molecule has 2 aromatic rings. The Hall–Kier alpha value is -1.82. The van der Waals surface area contributed by atoms with Crippen LogP contribution in [0.3, 0.4) is 0 Å². The number of rotatable bonds is 4. The van der Waals surface area contributed by atoms with Gasteiger partial charge in [0.15, 0.2) is 0 Å². The lowest BCUT2D eigenvalue weighted by Crippen LogP contribution is -2.09. The Kier molecular flexibility index (Phi) is 4.57. The molecule has 0 bridgehead atoms. The normalized spacial score (nSPS) is 11.6. The largest absolute Gasteiger partial charge is 0.475 e. The van der Waals surface area contributed by atoms with Gasteiger partial charge in [-0.3, -0.25) is 0 Å². The van der Waals surface area contributed by atoms with Crippen LogP contribution in [0.1, 0.15) is 5.56 Å². The molecule has 0 aliphatic heterocycles. The zero-order valence-corrected chi connectivity index (χ0v) is 12.1. The molecule has 0 radical (unpaired) electrons. The smallest absolute Gasteiger partial charge is 0.372 e. The molecule has 0 fully saturated rings. The van der Waals surface area contributed by atoms with E-state index in [1.807, 2.05) is 59.0 Å². The molecule has 0 aliphatic carbocycles. The molecule has 0 amide bonds. The van der Waals surface area contributed by atoms with Crippen LogP contribution in [-0.2, 0) is 4.79 Å². The van der Waals surface area contributed by atoms with E-state index >= 15 is 0 Å². The van der Waals surface area contributed by atoms with Crippen LogP contribution in [0, 0.1) is 0 Å². The van der Waals surface area contributed by atoms with Gasteiger partial charge in [-0.1, -0.05) is 48.5 Å². The fourth-order valence-electron chi connectivity index (χ4n) is 1.50. The van der Waals surface area contributed by atoms with E-state index in [4.69, 9.17) is 4.74 Å². The predicted octanol–water partition coefficient (Wildman–Crippen LogP) is 3.95. The van der Waals surface area contributed by atoms with Gasteiger partial charge in [-0.2, -0.15) is 0 Å². The van der Waals surface area contributed by atoms with Crippen molar-refractivity contribution in [1.29, 1.82) is 0 Å². The van der Waals surface area contributed by atoms with Crippen LogP contribution in [0.5, 0.6) is 5.75 Å². The maximum atomic E-state index is 11.3. The van der Waals surface area contributed by atoms with Crippen molar-refractivity contribution in [3.05, 3.63) is 72.0 Å². The van der Waals surface area contributed by atoms with Gasteiger partial charge < -0.3 is 9.84 Å². The van der Waals surface area contributed by atoms with Crippen LogP contribution in [0.15, 0.2) is 66.4 Å². The summed E-state index contributed by atoms with van der Waals surface area (Å²) in [6.45, 7) is 0. The van der Waals surface area contributed by atoms with Gasteiger partial charge in [0, 0.05) is 0 Å². The molecule has 0 saturated carbocycles. The Morgan fingerprint density at radius 2 is 1.47 bits per heavy atom. The monoisotopic (exact) mass is 366 g/mol. The van der Waals surface area contributed by atoms with Crippen LogP contribution in [0.4, 0.5) is 0 Å². The summed E-state index contributed by atoms with van der Waals surface area (Å²) in [5.74, 6) is -0.653. The van der Waals surface area contributed by atoms with E-state index in [0.717, 1.165) is 5.56 Å². The molecule has 2 rings (SSSR count). The Labute approximate surface area is 124 Å². The highest BCUT2D eigenvalue weighted by Crippen LogP contribution is 2.27. The summed E-state index contributed by atoms with van der Waals surface area (Å²) < 4.78 is 6.03. The van der Waals surface area contributed by atoms with Gasteiger partial charge in [-0.25, -0.2) is 4.79 Å². The number of para-hydroxylation sites is 1. The second-order valence-electron chi connectivity index (χ2n) is 3.73. The minimum absolute atomic E-state index is 0.0713. The van der Waals surface area contributed by atoms with Gasteiger partial charge in [0.25, 0.3) is 0 Å². The van der Waals surface area contributed by atoms with Crippen molar-refractivity contribution in [3.63, 3.8) is 0 Å². The SMILES string of the molecule is O=C(O)C(Oc1ccccc1)=C(I)c1ccccc1. The highest BCUT2D eigenvalue weighted by Gasteiger charge is 2.16. The number of aliphatic carboxylic acids is 1. The third kappa shape index (κ3) is 3.57. The molecule has 0 spiro atoms.